The summed E-state index contributed by atoms with van der Waals surface area (Å²) in [5.41, 5.74) is -0.646. The molecule has 0 aliphatic carbocycles. The number of rotatable bonds is 3. The van der Waals surface area contributed by atoms with Crippen molar-refractivity contribution < 1.29 is 9.90 Å². The standard InChI is InChI=1S/C12H22N2O2/c1-8(2)12(16)6-14(7-12)11(15)9(3)10-4-13-5-10/h8-10,13,16H,4-7H2,1-3H3. The van der Waals surface area contributed by atoms with Gasteiger partial charge < -0.3 is 15.3 Å². The highest BCUT2D eigenvalue weighted by Gasteiger charge is 2.47. The van der Waals surface area contributed by atoms with Crippen molar-refractivity contribution in [3.8, 4) is 0 Å². The first-order valence-electron chi connectivity index (χ1n) is 6.16. The van der Waals surface area contributed by atoms with Gasteiger partial charge in [0.2, 0.25) is 5.91 Å². The summed E-state index contributed by atoms with van der Waals surface area (Å²) in [5, 5.41) is 13.3. The fraction of sp³-hybridized carbons (Fsp3) is 0.917. The van der Waals surface area contributed by atoms with Crippen LogP contribution < -0.4 is 5.32 Å². The summed E-state index contributed by atoms with van der Waals surface area (Å²) in [4.78, 5) is 13.9. The van der Waals surface area contributed by atoms with E-state index in [-0.39, 0.29) is 17.7 Å². The zero-order valence-electron chi connectivity index (χ0n) is 10.4. The predicted molar refractivity (Wildman–Crippen MR) is 61.9 cm³/mol. The normalized spacial score (nSPS) is 26.2. The number of amides is 1. The molecule has 0 aromatic heterocycles. The van der Waals surface area contributed by atoms with Gasteiger partial charge in [-0.25, -0.2) is 0 Å². The third kappa shape index (κ3) is 1.84. The Labute approximate surface area is 97.0 Å². The second-order valence-electron chi connectivity index (χ2n) is 5.66. The van der Waals surface area contributed by atoms with E-state index in [1.807, 2.05) is 20.8 Å². The molecular weight excluding hydrogens is 204 g/mol. The molecule has 4 nitrogen and oxygen atoms in total. The molecule has 0 radical (unpaired) electrons. The molecule has 1 unspecified atom stereocenters. The zero-order chi connectivity index (χ0) is 11.9. The Hall–Kier alpha value is -0.610. The molecule has 4 heteroatoms. The smallest absolute Gasteiger partial charge is 0.225 e. The largest absolute Gasteiger partial charge is 0.386 e. The molecular formula is C12H22N2O2. The minimum atomic E-state index is -0.646. The molecule has 2 heterocycles. The fourth-order valence-electron chi connectivity index (χ4n) is 2.29. The minimum Gasteiger partial charge on any atom is -0.386 e. The molecule has 16 heavy (non-hydrogen) atoms. The van der Waals surface area contributed by atoms with Crippen molar-refractivity contribution in [2.24, 2.45) is 17.8 Å². The van der Waals surface area contributed by atoms with Gasteiger partial charge in [0.05, 0.1) is 13.1 Å². The number of hydrogen-bond acceptors (Lipinski definition) is 3. The third-order valence-electron chi connectivity index (χ3n) is 4.23. The Morgan fingerprint density at radius 2 is 1.94 bits per heavy atom. The SMILES string of the molecule is CC(C(=O)N1CC(O)(C(C)C)C1)C1CNC1. The minimum absolute atomic E-state index is 0.0953. The molecule has 92 valence electrons. The van der Waals surface area contributed by atoms with Crippen LogP contribution in [0, 0.1) is 17.8 Å². The van der Waals surface area contributed by atoms with Crippen LogP contribution in [-0.2, 0) is 4.79 Å². The highest BCUT2D eigenvalue weighted by atomic mass is 16.3. The maximum Gasteiger partial charge on any atom is 0.225 e. The molecule has 0 saturated carbocycles. The second kappa shape index (κ2) is 4.00. The van der Waals surface area contributed by atoms with Crippen LogP contribution in [0.25, 0.3) is 0 Å². The summed E-state index contributed by atoms with van der Waals surface area (Å²) in [7, 11) is 0. The van der Waals surface area contributed by atoms with Crippen LogP contribution in [0.3, 0.4) is 0 Å². The van der Waals surface area contributed by atoms with E-state index in [4.69, 9.17) is 0 Å². The van der Waals surface area contributed by atoms with Gasteiger partial charge in [0, 0.05) is 5.92 Å². The maximum absolute atomic E-state index is 12.1. The topological polar surface area (TPSA) is 52.6 Å². The number of nitrogens with one attached hydrogen (secondary N) is 1. The Morgan fingerprint density at radius 1 is 1.38 bits per heavy atom. The molecule has 2 aliphatic rings. The summed E-state index contributed by atoms with van der Waals surface area (Å²) in [5.74, 6) is 1.01. The van der Waals surface area contributed by atoms with E-state index in [0.717, 1.165) is 13.1 Å². The lowest BCUT2D eigenvalue weighted by molar-refractivity contribution is -0.169. The van der Waals surface area contributed by atoms with E-state index >= 15 is 0 Å². The van der Waals surface area contributed by atoms with Crippen LogP contribution in [0.15, 0.2) is 0 Å². The van der Waals surface area contributed by atoms with Crippen molar-refractivity contribution >= 4 is 5.91 Å². The summed E-state index contributed by atoms with van der Waals surface area (Å²) in [6.07, 6.45) is 0. The lowest BCUT2D eigenvalue weighted by Crippen LogP contribution is -2.67. The van der Waals surface area contributed by atoms with Crippen LogP contribution in [-0.4, -0.2) is 47.7 Å². The second-order valence-corrected chi connectivity index (χ2v) is 5.66. The molecule has 0 aromatic carbocycles. The zero-order valence-corrected chi connectivity index (χ0v) is 10.4. The number of carbonyl (C=O) groups excluding carboxylic acids is 1. The molecule has 2 fully saturated rings. The van der Waals surface area contributed by atoms with Crippen LogP contribution in [0.1, 0.15) is 20.8 Å². The average molecular weight is 226 g/mol. The number of likely N-dealkylation sites (tertiary alicyclic amines) is 1. The maximum atomic E-state index is 12.1. The van der Waals surface area contributed by atoms with Crippen molar-refractivity contribution in [2.45, 2.75) is 26.4 Å². The first-order chi connectivity index (χ1) is 7.44. The Kier molecular flexibility index (Phi) is 2.97. The van der Waals surface area contributed by atoms with Crippen molar-refractivity contribution in [2.75, 3.05) is 26.2 Å². The number of carbonyl (C=O) groups is 1. The summed E-state index contributed by atoms with van der Waals surface area (Å²) in [6.45, 7) is 8.93. The van der Waals surface area contributed by atoms with Gasteiger partial charge in [-0.05, 0) is 24.9 Å². The number of β-amino-alcohol motifs (C(OH)–C–C–N with tert-alkyl or cyclic N) is 1. The van der Waals surface area contributed by atoms with E-state index < -0.39 is 5.60 Å². The van der Waals surface area contributed by atoms with Gasteiger partial charge in [0.1, 0.15) is 5.60 Å². The van der Waals surface area contributed by atoms with Gasteiger partial charge in [0.15, 0.2) is 0 Å². The van der Waals surface area contributed by atoms with Crippen molar-refractivity contribution in [1.29, 1.82) is 0 Å². The molecule has 2 aliphatic heterocycles. The average Bonchev–Trinajstić information content (AvgIpc) is 2.08. The Balaban J connectivity index is 1.84. The van der Waals surface area contributed by atoms with Crippen LogP contribution in [0.5, 0.6) is 0 Å². The van der Waals surface area contributed by atoms with Crippen LogP contribution >= 0.6 is 0 Å². The summed E-state index contributed by atoms with van der Waals surface area (Å²) in [6, 6.07) is 0. The molecule has 2 rings (SSSR count). The summed E-state index contributed by atoms with van der Waals surface area (Å²) < 4.78 is 0. The van der Waals surface area contributed by atoms with Crippen molar-refractivity contribution in [1.82, 2.24) is 10.2 Å². The van der Waals surface area contributed by atoms with E-state index in [9.17, 15) is 9.90 Å². The third-order valence-corrected chi connectivity index (χ3v) is 4.23. The van der Waals surface area contributed by atoms with Gasteiger partial charge >= 0.3 is 0 Å². The lowest BCUT2D eigenvalue weighted by atomic mass is 9.80. The first kappa shape index (κ1) is 11.9. The highest BCUT2D eigenvalue weighted by molar-refractivity contribution is 5.80. The monoisotopic (exact) mass is 226 g/mol. The quantitative estimate of drug-likeness (QED) is 0.716. The molecule has 0 aromatic rings. The van der Waals surface area contributed by atoms with Crippen LogP contribution in [0.4, 0.5) is 0 Å². The van der Waals surface area contributed by atoms with Gasteiger partial charge in [-0.15, -0.1) is 0 Å². The molecule has 2 N–H and O–H groups in total. The number of nitrogens with zero attached hydrogens (tertiary/aromatic N) is 1. The lowest BCUT2D eigenvalue weighted by Gasteiger charge is -2.50. The van der Waals surface area contributed by atoms with Crippen molar-refractivity contribution in [3.05, 3.63) is 0 Å². The molecule has 2 saturated heterocycles. The Bertz CT molecular complexity index is 281. The van der Waals surface area contributed by atoms with Crippen molar-refractivity contribution in [3.63, 3.8) is 0 Å². The molecule has 0 spiro atoms. The van der Waals surface area contributed by atoms with E-state index in [1.54, 1.807) is 4.90 Å². The van der Waals surface area contributed by atoms with Crippen LogP contribution in [0.2, 0.25) is 0 Å². The summed E-state index contributed by atoms with van der Waals surface area (Å²) >= 11 is 0. The number of hydrogen-bond donors (Lipinski definition) is 2. The van der Waals surface area contributed by atoms with Gasteiger partial charge in [-0.2, -0.15) is 0 Å². The fourth-order valence-corrected chi connectivity index (χ4v) is 2.29. The van der Waals surface area contributed by atoms with Gasteiger partial charge in [-0.1, -0.05) is 20.8 Å². The van der Waals surface area contributed by atoms with E-state index in [2.05, 4.69) is 5.32 Å². The Morgan fingerprint density at radius 3 is 2.31 bits per heavy atom. The molecule has 1 amide bonds. The molecule has 1 atom stereocenters. The molecule has 0 bridgehead atoms. The van der Waals surface area contributed by atoms with Gasteiger partial charge in [-0.3, -0.25) is 4.79 Å². The van der Waals surface area contributed by atoms with E-state index in [0.29, 0.717) is 19.0 Å². The predicted octanol–water partition coefficient (Wildman–Crippen LogP) is 0.0712. The highest BCUT2D eigenvalue weighted by Crippen LogP contribution is 2.31. The number of aliphatic hydroxyl groups is 1. The van der Waals surface area contributed by atoms with E-state index in [1.165, 1.54) is 0 Å². The first-order valence-corrected chi connectivity index (χ1v) is 6.16. The van der Waals surface area contributed by atoms with Gasteiger partial charge in [0.25, 0.3) is 0 Å².